The Hall–Kier alpha value is -6.02. The molecule has 0 atom stereocenters. The molecule has 5 heteroatoms. The monoisotopic (exact) mass is 725 g/mol. The molecule has 1 aromatic heterocycles. The second-order valence-corrected chi connectivity index (χ2v) is 24.4. The van der Waals surface area contributed by atoms with Crippen LogP contribution < -0.4 is 20.7 Å². The lowest BCUT2D eigenvalue weighted by molar-refractivity contribution is 1.07. The summed E-state index contributed by atoms with van der Waals surface area (Å²) in [6.07, 6.45) is 0. The van der Waals surface area contributed by atoms with Crippen LogP contribution in [0.5, 0.6) is 0 Å². The third kappa shape index (κ3) is 5.18. The minimum absolute atomic E-state index is 0.680. The van der Waals surface area contributed by atoms with Gasteiger partial charge in [-0.25, -0.2) is 15.0 Å². The zero-order valence-electron chi connectivity index (χ0n) is 30.9. The Morgan fingerprint density at radius 2 is 0.556 bits per heavy atom. The van der Waals surface area contributed by atoms with Gasteiger partial charge in [-0.2, -0.15) is 0 Å². The van der Waals surface area contributed by atoms with Crippen molar-refractivity contribution in [2.45, 2.75) is 26.2 Å². The molecule has 0 radical (unpaired) electrons. The first-order valence-electron chi connectivity index (χ1n) is 18.8. The molecule has 54 heavy (non-hydrogen) atoms. The lowest BCUT2D eigenvalue weighted by Crippen LogP contribution is -2.49. The SMILES string of the molecule is C[Si]1(C)c2ccc(-c3ccccc3)cc2-c2cc(-c3nc(-c4ccccc4)nc(-c4ccc5c(c4)-c4cc(-c6ccccc6)ccc4[Si]5(C)C)n3)ccc21. The van der Waals surface area contributed by atoms with Crippen molar-refractivity contribution in [3.05, 3.63) is 164 Å². The van der Waals surface area contributed by atoms with E-state index in [4.69, 9.17) is 15.0 Å². The molecule has 0 bridgehead atoms. The van der Waals surface area contributed by atoms with Crippen molar-refractivity contribution in [2.75, 3.05) is 0 Å². The number of rotatable bonds is 5. The fraction of sp³-hybridized carbons (Fsp3) is 0.0816. The van der Waals surface area contributed by atoms with Crippen molar-refractivity contribution in [1.82, 2.24) is 15.0 Å². The third-order valence-corrected chi connectivity index (χ3v) is 18.9. The highest BCUT2D eigenvalue weighted by molar-refractivity contribution is 7.04. The largest absolute Gasteiger partial charge is 0.208 e. The number of aromatic nitrogens is 3. The van der Waals surface area contributed by atoms with Gasteiger partial charge >= 0.3 is 0 Å². The van der Waals surface area contributed by atoms with E-state index in [1.807, 2.05) is 18.2 Å². The molecule has 0 spiro atoms. The highest BCUT2D eigenvalue weighted by Gasteiger charge is 2.39. The number of nitrogens with zero attached hydrogens (tertiary/aromatic N) is 3. The molecule has 3 nitrogen and oxygen atoms in total. The second-order valence-electron chi connectivity index (χ2n) is 15.7. The zero-order valence-corrected chi connectivity index (χ0v) is 32.9. The van der Waals surface area contributed by atoms with Crippen LogP contribution in [0.4, 0.5) is 0 Å². The van der Waals surface area contributed by atoms with Gasteiger partial charge in [-0.1, -0.05) is 166 Å². The minimum atomic E-state index is -1.88. The summed E-state index contributed by atoms with van der Waals surface area (Å²) >= 11 is 0. The molecule has 0 saturated heterocycles. The maximum atomic E-state index is 5.27. The minimum Gasteiger partial charge on any atom is -0.208 e. The summed E-state index contributed by atoms with van der Waals surface area (Å²) in [4.78, 5) is 15.6. The summed E-state index contributed by atoms with van der Waals surface area (Å²) < 4.78 is 0. The molecular formula is C49H39N3Si2. The molecular weight excluding hydrogens is 687 g/mol. The number of benzene rings is 7. The second kappa shape index (κ2) is 12.3. The molecule has 0 amide bonds. The van der Waals surface area contributed by atoms with E-state index in [0.717, 1.165) is 16.7 Å². The van der Waals surface area contributed by atoms with Crippen LogP contribution in [-0.4, -0.2) is 31.1 Å². The van der Waals surface area contributed by atoms with Gasteiger partial charge in [0.25, 0.3) is 0 Å². The van der Waals surface area contributed by atoms with E-state index in [0.29, 0.717) is 17.5 Å². The van der Waals surface area contributed by atoms with Crippen molar-refractivity contribution in [2.24, 2.45) is 0 Å². The molecule has 2 aliphatic rings. The summed E-state index contributed by atoms with van der Waals surface area (Å²) in [5, 5.41) is 5.89. The topological polar surface area (TPSA) is 38.7 Å². The lowest BCUT2D eigenvalue weighted by atomic mass is 9.97. The normalized spacial score (nSPS) is 14.2. The summed E-state index contributed by atoms with van der Waals surface area (Å²) in [6.45, 7) is 9.86. The highest BCUT2D eigenvalue weighted by Crippen LogP contribution is 2.37. The van der Waals surface area contributed by atoms with Crippen molar-refractivity contribution in [3.63, 3.8) is 0 Å². The fourth-order valence-electron chi connectivity index (χ4n) is 8.79. The van der Waals surface area contributed by atoms with Gasteiger partial charge in [-0.3, -0.25) is 0 Å². The Bertz CT molecular complexity index is 2590. The molecule has 258 valence electrons. The van der Waals surface area contributed by atoms with Crippen molar-refractivity contribution < 1.29 is 0 Å². The van der Waals surface area contributed by atoms with Crippen LogP contribution in [0.25, 0.3) is 78.7 Å². The molecule has 10 rings (SSSR count). The van der Waals surface area contributed by atoms with E-state index >= 15 is 0 Å². The molecule has 0 aliphatic carbocycles. The first kappa shape index (κ1) is 32.6. The Kier molecular flexibility index (Phi) is 7.41. The molecule has 0 N–H and O–H groups in total. The van der Waals surface area contributed by atoms with E-state index in [2.05, 4.69) is 172 Å². The lowest BCUT2D eigenvalue weighted by Gasteiger charge is -2.19. The van der Waals surface area contributed by atoms with Gasteiger partial charge in [0.2, 0.25) is 0 Å². The predicted octanol–water partition coefficient (Wildman–Crippen LogP) is 9.81. The van der Waals surface area contributed by atoms with E-state index in [1.165, 1.54) is 65.3 Å². The third-order valence-electron chi connectivity index (χ3n) is 11.8. The fourth-order valence-corrected chi connectivity index (χ4v) is 14.9. The molecule has 2 aliphatic heterocycles. The van der Waals surface area contributed by atoms with Gasteiger partial charge in [0.05, 0.1) is 0 Å². The predicted molar refractivity (Wildman–Crippen MR) is 231 cm³/mol. The van der Waals surface area contributed by atoms with Crippen LogP contribution >= 0.6 is 0 Å². The van der Waals surface area contributed by atoms with Crippen molar-refractivity contribution in [3.8, 4) is 78.7 Å². The van der Waals surface area contributed by atoms with Crippen molar-refractivity contribution >= 4 is 36.9 Å². The molecule has 0 unspecified atom stereocenters. The van der Waals surface area contributed by atoms with Crippen LogP contribution in [0.15, 0.2) is 164 Å². The van der Waals surface area contributed by atoms with E-state index in [-0.39, 0.29) is 0 Å². The van der Waals surface area contributed by atoms with Gasteiger partial charge < -0.3 is 0 Å². The van der Waals surface area contributed by atoms with Crippen LogP contribution in [0.1, 0.15) is 0 Å². The molecule has 0 fully saturated rings. The first-order chi connectivity index (χ1) is 26.3. The zero-order chi connectivity index (χ0) is 36.6. The average molecular weight is 726 g/mol. The van der Waals surface area contributed by atoms with Gasteiger partial charge in [-0.05, 0) is 89.5 Å². The quantitative estimate of drug-likeness (QED) is 0.166. The maximum Gasteiger partial charge on any atom is 0.164 e. The smallest absolute Gasteiger partial charge is 0.164 e. The Morgan fingerprint density at radius 1 is 0.278 bits per heavy atom. The Labute approximate surface area is 319 Å². The van der Waals surface area contributed by atoms with Crippen LogP contribution in [0.2, 0.25) is 26.2 Å². The van der Waals surface area contributed by atoms with E-state index < -0.39 is 16.1 Å². The van der Waals surface area contributed by atoms with Gasteiger partial charge in [-0.15, -0.1) is 0 Å². The summed E-state index contributed by atoms with van der Waals surface area (Å²) in [6, 6.07) is 59.6. The first-order valence-corrected chi connectivity index (χ1v) is 24.8. The van der Waals surface area contributed by atoms with Crippen LogP contribution in [0, 0.1) is 0 Å². The maximum absolute atomic E-state index is 5.27. The summed E-state index contributed by atoms with van der Waals surface area (Å²) in [7, 11) is -3.77. The summed E-state index contributed by atoms with van der Waals surface area (Å²) in [5.74, 6) is 2.06. The molecule has 8 aromatic rings. The molecule has 3 heterocycles. The number of fused-ring (bicyclic) bond motifs is 6. The Balaban J connectivity index is 1.12. The van der Waals surface area contributed by atoms with Crippen LogP contribution in [-0.2, 0) is 0 Å². The standard InChI is InChI=1S/C49H39N3Si2/c1-53(2)43-24-20-35(32-14-8-5-9-15-32)28-39(43)41-30-37(22-26-45(41)53)48-50-47(34-18-12-7-13-19-34)51-49(52-48)38-23-27-46-42(31-38)40-29-36(33-16-10-6-11-17-33)21-25-44(40)54(46,3)4/h5-31H,1-4H3. The van der Waals surface area contributed by atoms with Gasteiger partial charge in [0.15, 0.2) is 17.5 Å². The number of hydrogen-bond donors (Lipinski definition) is 0. The van der Waals surface area contributed by atoms with Crippen molar-refractivity contribution in [1.29, 1.82) is 0 Å². The Morgan fingerprint density at radius 3 is 0.907 bits per heavy atom. The molecule has 7 aromatic carbocycles. The molecule has 0 saturated carbocycles. The van der Waals surface area contributed by atoms with Gasteiger partial charge in [0, 0.05) is 16.7 Å². The van der Waals surface area contributed by atoms with E-state index in [1.54, 1.807) is 0 Å². The average Bonchev–Trinajstić information content (AvgIpc) is 3.59. The van der Waals surface area contributed by atoms with E-state index in [9.17, 15) is 0 Å². The summed E-state index contributed by atoms with van der Waals surface area (Å²) in [5.41, 5.74) is 13.2. The number of hydrogen-bond acceptors (Lipinski definition) is 3. The van der Waals surface area contributed by atoms with Crippen LogP contribution in [0.3, 0.4) is 0 Å². The highest BCUT2D eigenvalue weighted by atomic mass is 28.3. The van der Waals surface area contributed by atoms with Gasteiger partial charge in [0.1, 0.15) is 16.1 Å².